The monoisotopic (exact) mass is 588 g/mol. The van der Waals surface area contributed by atoms with Gasteiger partial charge in [-0.2, -0.15) is 5.26 Å². The minimum atomic E-state index is -0.721. The lowest BCUT2D eigenvalue weighted by molar-refractivity contribution is -0.145. The van der Waals surface area contributed by atoms with Gasteiger partial charge in [-0.05, 0) is 81.6 Å². The lowest BCUT2D eigenvalue weighted by atomic mass is 9.69. The number of hydrogen-bond donors (Lipinski definition) is 0. The molecule has 0 heterocycles. The number of hydrogen-bond acceptors (Lipinski definition) is 7. The van der Waals surface area contributed by atoms with Gasteiger partial charge in [-0.1, -0.05) is 55.2 Å². The van der Waals surface area contributed by atoms with Crippen LogP contribution >= 0.6 is 23.2 Å². The van der Waals surface area contributed by atoms with E-state index in [0.29, 0.717) is 41.6 Å². The van der Waals surface area contributed by atoms with Crippen molar-refractivity contribution in [2.75, 3.05) is 34.4 Å². The first-order valence-electron chi connectivity index (χ1n) is 13.1. The third-order valence-corrected chi connectivity index (χ3v) is 7.79. The van der Waals surface area contributed by atoms with Crippen molar-refractivity contribution in [3.05, 3.63) is 63.1 Å². The van der Waals surface area contributed by atoms with Gasteiger partial charge in [0, 0.05) is 6.54 Å². The summed E-state index contributed by atoms with van der Waals surface area (Å²) < 4.78 is 16.4. The third-order valence-electron chi connectivity index (χ3n) is 6.95. The predicted molar refractivity (Wildman–Crippen MR) is 159 cm³/mol. The number of Topliss-reactive ketones (excluding diaryl/α,β-unsaturated/α-hetero) is 1. The number of nitriles is 1. The van der Waals surface area contributed by atoms with Gasteiger partial charge >= 0.3 is 5.97 Å². The minimum Gasteiger partial charge on any atom is -0.493 e. The lowest BCUT2D eigenvalue weighted by Crippen LogP contribution is -2.35. The Bertz CT molecular complexity index is 1270. The maximum Gasteiger partial charge on any atom is 0.342 e. The fraction of sp³-hybridized carbons (Fsp3) is 0.452. The average Bonchev–Trinajstić information content (AvgIpc) is 2.91. The second-order valence-electron chi connectivity index (χ2n) is 10.1. The highest BCUT2D eigenvalue weighted by Gasteiger charge is 2.36. The van der Waals surface area contributed by atoms with E-state index in [2.05, 4.69) is 6.07 Å². The summed E-state index contributed by atoms with van der Waals surface area (Å²) in [6.45, 7) is 8.29. The minimum absolute atomic E-state index is 0.0607. The second kappa shape index (κ2) is 15.1. The maximum atomic E-state index is 12.8. The van der Waals surface area contributed by atoms with Crippen molar-refractivity contribution >= 4 is 41.0 Å². The van der Waals surface area contributed by atoms with Crippen molar-refractivity contribution in [1.82, 2.24) is 4.90 Å². The molecule has 0 aliphatic heterocycles. The third kappa shape index (κ3) is 8.23. The highest BCUT2D eigenvalue weighted by molar-refractivity contribution is 6.43. The van der Waals surface area contributed by atoms with Crippen LogP contribution in [-0.2, 0) is 19.7 Å². The van der Waals surface area contributed by atoms with Crippen LogP contribution in [0.25, 0.3) is 6.08 Å². The van der Waals surface area contributed by atoms with Crippen LogP contribution in [0.2, 0.25) is 10.0 Å². The number of benzene rings is 2. The van der Waals surface area contributed by atoms with Crippen LogP contribution in [0.1, 0.15) is 51.7 Å². The fourth-order valence-electron chi connectivity index (χ4n) is 4.66. The number of nitrogens with zero attached hydrogens (tertiary/aromatic N) is 2. The Morgan fingerprint density at radius 1 is 1.10 bits per heavy atom. The molecule has 0 spiro atoms. The zero-order chi connectivity index (χ0) is 30.0. The Hall–Kier alpha value is -3.05. The number of carbonyl (C=O) groups is 2. The van der Waals surface area contributed by atoms with Crippen LogP contribution in [0.15, 0.2) is 42.0 Å². The van der Waals surface area contributed by atoms with Crippen LogP contribution in [0.3, 0.4) is 0 Å². The number of halogens is 2. The molecule has 0 aromatic heterocycles. The molecule has 40 heavy (non-hydrogen) atoms. The number of ether oxygens (including phenoxy) is 3. The molecule has 0 fully saturated rings. The highest BCUT2D eigenvalue weighted by atomic mass is 35.5. The van der Waals surface area contributed by atoms with Gasteiger partial charge in [0.25, 0.3) is 0 Å². The Morgan fingerprint density at radius 3 is 2.35 bits per heavy atom. The maximum absolute atomic E-state index is 12.8. The summed E-state index contributed by atoms with van der Waals surface area (Å²) in [6, 6.07) is 13.2. The molecule has 0 saturated heterocycles. The first-order valence-corrected chi connectivity index (χ1v) is 13.9. The van der Waals surface area contributed by atoms with Crippen LogP contribution < -0.4 is 9.47 Å². The molecular formula is C31H38Cl2N2O5. The SMILES string of the molecule is COc1ccc(C(C#N)(CCCN(C)CC(C)OC(=O)C(=Cc2cccc(Cl)c2Cl)C(C)=O)C(C)C)cc1OC. The van der Waals surface area contributed by atoms with Crippen molar-refractivity contribution < 1.29 is 23.8 Å². The molecule has 0 radical (unpaired) electrons. The number of rotatable bonds is 14. The van der Waals surface area contributed by atoms with E-state index in [9.17, 15) is 14.9 Å². The summed E-state index contributed by atoms with van der Waals surface area (Å²) in [5, 5.41) is 10.9. The van der Waals surface area contributed by atoms with Gasteiger partial charge in [0.2, 0.25) is 0 Å². The molecular weight excluding hydrogens is 551 g/mol. The van der Waals surface area contributed by atoms with E-state index in [-0.39, 0.29) is 16.5 Å². The number of esters is 1. The summed E-state index contributed by atoms with van der Waals surface area (Å²) in [5.74, 6) is 0.110. The van der Waals surface area contributed by atoms with Crippen molar-refractivity contribution in [3.63, 3.8) is 0 Å². The smallest absolute Gasteiger partial charge is 0.342 e. The van der Waals surface area contributed by atoms with E-state index < -0.39 is 23.3 Å². The van der Waals surface area contributed by atoms with Crippen LogP contribution in [0.5, 0.6) is 11.5 Å². The summed E-state index contributed by atoms with van der Waals surface area (Å²) in [4.78, 5) is 27.1. The summed E-state index contributed by atoms with van der Waals surface area (Å²) in [6.07, 6.45) is 2.29. The number of likely N-dealkylation sites (N-methyl/N-ethyl adjacent to an activating group) is 1. The van der Waals surface area contributed by atoms with E-state index in [4.69, 9.17) is 37.4 Å². The number of ketones is 1. The molecule has 0 bridgehead atoms. The molecule has 0 aliphatic carbocycles. The number of methoxy groups -OCH3 is 2. The second-order valence-corrected chi connectivity index (χ2v) is 10.9. The van der Waals surface area contributed by atoms with E-state index >= 15 is 0 Å². The van der Waals surface area contributed by atoms with Crippen LogP contribution in [0, 0.1) is 17.2 Å². The van der Waals surface area contributed by atoms with Crippen molar-refractivity contribution in [2.24, 2.45) is 5.92 Å². The van der Waals surface area contributed by atoms with Gasteiger partial charge in [0.15, 0.2) is 17.3 Å². The molecule has 2 unspecified atom stereocenters. The van der Waals surface area contributed by atoms with Crippen molar-refractivity contribution in [3.8, 4) is 17.6 Å². The zero-order valence-electron chi connectivity index (χ0n) is 24.2. The largest absolute Gasteiger partial charge is 0.493 e. The van der Waals surface area contributed by atoms with Crippen molar-refractivity contribution in [2.45, 2.75) is 52.1 Å². The quantitative estimate of drug-likeness (QED) is 0.104. The zero-order valence-corrected chi connectivity index (χ0v) is 25.7. The summed E-state index contributed by atoms with van der Waals surface area (Å²) >= 11 is 12.3. The molecule has 7 nitrogen and oxygen atoms in total. The van der Waals surface area contributed by atoms with Crippen molar-refractivity contribution in [1.29, 1.82) is 5.26 Å². The van der Waals surface area contributed by atoms with Crippen LogP contribution in [-0.4, -0.2) is 57.1 Å². The van der Waals surface area contributed by atoms with Crippen LogP contribution in [0.4, 0.5) is 0 Å². The van der Waals surface area contributed by atoms with Gasteiger partial charge < -0.3 is 19.1 Å². The molecule has 2 aromatic carbocycles. The number of carbonyl (C=O) groups excluding carboxylic acids is 2. The standard InChI is InChI=1S/C31H38Cl2N2O5/c1-20(2)31(19-34,24-12-13-27(38-6)28(17-24)39-7)14-9-15-35(5)18-21(3)40-30(37)25(22(4)36)16-23-10-8-11-26(32)29(23)33/h8,10-13,16-17,20-21H,9,14-15,18H2,1-7H3. The van der Waals surface area contributed by atoms with E-state index in [1.165, 1.54) is 13.0 Å². The van der Waals surface area contributed by atoms with E-state index in [1.54, 1.807) is 39.3 Å². The molecule has 0 amide bonds. The Balaban J connectivity index is 2.05. The summed E-state index contributed by atoms with van der Waals surface area (Å²) in [7, 11) is 5.09. The first kappa shape index (κ1) is 33.2. The molecule has 2 aromatic rings. The van der Waals surface area contributed by atoms with Gasteiger partial charge in [0.1, 0.15) is 11.7 Å². The molecule has 0 saturated carbocycles. The van der Waals surface area contributed by atoms with Gasteiger partial charge in [0.05, 0.1) is 35.7 Å². The normalized spacial score (nSPS) is 13.9. The Labute approximate surface area is 247 Å². The van der Waals surface area contributed by atoms with Gasteiger partial charge in [-0.15, -0.1) is 0 Å². The molecule has 0 aliphatic rings. The fourth-order valence-corrected chi connectivity index (χ4v) is 5.03. The Morgan fingerprint density at radius 2 is 1.77 bits per heavy atom. The Kier molecular flexibility index (Phi) is 12.5. The van der Waals surface area contributed by atoms with Gasteiger partial charge in [-0.25, -0.2) is 4.79 Å². The molecule has 2 atom stereocenters. The average molecular weight is 590 g/mol. The molecule has 9 heteroatoms. The topological polar surface area (TPSA) is 88.9 Å². The predicted octanol–water partition coefficient (Wildman–Crippen LogP) is 6.74. The molecule has 2 rings (SSSR count). The lowest BCUT2D eigenvalue weighted by Gasteiger charge is -2.32. The highest BCUT2D eigenvalue weighted by Crippen LogP contribution is 2.40. The summed E-state index contributed by atoms with van der Waals surface area (Å²) in [5.41, 5.74) is 0.531. The van der Waals surface area contributed by atoms with E-state index in [0.717, 1.165) is 12.0 Å². The first-order chi connectivity index (χ1) is 18.9. The van der Waals surface area contributed by atoms with Gasteiger partial charge in [-0.3, -0.25) is 4.79 Å². The molecule has 216 valence electrons. The molecule has 0 N–H and O–H groups in total. The van der Waals surface area contributed by atoms with E-state index in [1.807, 2.05) is 44.0 Å².